The van der Waals surface area contributed by atoms with Crippen molar-refractivity contribution in [2.45, 2.75) is 6.43 Å². The van der Waals surface area contributed by atoms with Crippen molar-refractivity contribution in [3.63, 3.8) is 0 Å². The molecule has 0 unspecified atom stereocenters. The van der Waals surface area contributed by atoms with Crippen molar-refractivity contribution in [1.29, 1.82) is 5.26 Å². The number of aromatic nitrogens is 1. The van der Waals surface area contributed by atoms with Gasteiger partial charge in [0.15, 0.2) is 11.5 Å². The van der Waals surface area contributed by atoms with Crippen molar-refractivity contribution in [3.05, 3.63) is 29.1 Å². The predicted molar refractivity (Wildman–Crippen MR) is 33.8 cm³/mol. The molecule has 0 radical (unpaired) electrons. The van der Waals surface area contributed by atoms with Gasteiger partial charge < -0.3 is 0 Å². The molecule has 0 aliphatic carbocycles. The molecule has 1 heterocycles. The number of hydrogen-bond donors (Lipinski definition) is 0. The molecule has 6 heteroatoms. The Morgan fingerprint density at radius 2 is 2.00 bits per heavy atom. The number of rotatable bonds is 1. The Labute approximate surface area is 70.4 Å². The van der Waals surface area contributed by atoms with Gasteiger partial charge in [-0.15, -0.1) is 0 Å². The highest BCUT2D eigenvalue weighted by Crippen LogP contribution is 2.23. The Balaban J connectivity index is 3.38. The molecule has 1 aromatic heterocycles. The fraction of sp³-hybridized carbons (Fsp3) is 0.143. The summed E-state index contributed by atoms with van der Waals surface area (Å²) in [5.74, 6) is -2.77. The summed E-state index contributed by atoms with van der Waals surface area (Å²) in [4.78, 5) is 2.80. The largest absolute Gasteiger partial charge is 0.266 e. The first-order valence-electron chi connectivity index (χ1n) is 3.10. The van der Waals surface area contributed by atoms with Crippen molar-refractivity contribution in [2.75, 3.05) is 0 Å². The highest BCUT2D eigenvalue weighted by molar-refractivity contribution is 5.29. The molecule has 0 aliphatic rings. The van der Waals surface area contributed by atoms with Gasteiger partial charge in [-0.1, -0.05) is 0 Å². The Bertz CT molecular complexity index is 369. The lowest BCUT2D eigenvalue weighted by Gasteiger charge is -2.01. The molecule has 0 bridgehead atoms. The van der Waals surface area contributed by atoms with E-state index in [1.165, 1.54) is 6.07 Å². The molecule has 1 aromatic rings. The first kappa shape index (κ1) is 9.45. The fourth-order valence-corrected chi connectivity index (χ4v) is 0.749. The Morgan fingerprint density at radius 3 is 2.46 bits per heavy atom. The zero-order valence-corrected chi connectivity index (χ0v) is 6.06. The average molecular weight is 190 g/mol. The van der Waals surface area contributed by atoms with Gasteiger partial charge >= 0.3 is 0 Å². The Morgan fingerprint density at radius 1 is 1.38 bits per heavy atom. The number of nitrogens with zero attached hydrogens (tertiary/aromatic N) is 2. The van der Waals surface area contributed by atoms with E-state index in [0.29, 0.717) is 0 Å². The second-order valence-corrected chi connectivity index (χ2v) is 2.11. The van der Waals surface area contributed by atoms with Crippen LogP contribution >= 0.6 is 0 Å². The quantitative estimate of drug-likeness (QED) is 0.502. The van der Waals surface area contributed by atoms with Crippen LogP contribution < -0.4 is 0 Å². The Kier molecular flexibility index (Phi) is 2.46. The molecule has 0 amide bonds. The maximum absolute atomic E-state index is 12.8. The summed E-state index contributed by atoms with van der Waals surface area (Å²) < 4.78 is 49.1. The van der Waals surface area contributed by atoms with Gasteiger partial charge in [-0.25, -0.2) is 18.2 Å². The summed E-state index contributed by atoms with van der Waals surface area (Å²) in [7, 11) is 0. The second-order valence-electron chi connectivity index (χ2n) is 2.11. The van der Waals surface area contributed by atoms with E-state index in [1.54, 1.807) is 0 Å². The number of pyridine rings is 1. The van der Waals surface area contributed by atoms with Crippen LogP contribution in [0.4, 0.5) is 17.6 Å². The zero-order chi connectivity index (χ0) is 10.0. The van der Waals surface area contributed by atoms with Crippen LogP contribution in [0.2, 0.25) is 0 Å². The molecule has 13 heavy (non-hydrogen) atoms. The molecule has 0 fully saturated rings. The summed E-state index contributed by atoms with van der Waals surface area (Å²) in [5, 5.41) is 8.19. The Hall–Kier alpha value is -1.64. The molecular formula is C7H2F4N2. The molecule has 1 rings (SSSR count). The molecule has 0 saturated heterocycles. The first-order valence-corrected chi connectivity index (χ1v) is 3.10. The monoisotopic (exact) mass is 190 g/mol. The summed E-state index contributed by atoms with van der Waals surface area (Å²) in [6.07, 6.45) is -3.16. The lowest BCUT2D eigenvalue weighted by molar-refractivity contribution is 0.145. The fourth-order valence-electron chi connectivity index (χ4n) is 0.749. The van der Waals surface area contributed by atoms with E-state index in [0.717, 1.165) is 0 Å². The third kappa shape index (κ3) is 1.75. The van der Waals surface area contributed by atoms with Crippen LogP contribution in [0.5, 0.6) is 0 Å². The summed E-state index contributed by atoms with van der Waals surface area (Å²) in [6.45, 7) is 0. The zero-order valence-electron chi connectivity index (χ0n) is 6.06. The van der Waals surface area contributed by atoms with Gasteiger partial charge in [0.1, 0.15) is 6.07 Å². The summed E-state index contributed by atoms with van der Waals surface area (Å²) in [5.41, 5.74) is -2.11. The minimum Gasteiger partial charge on any atom is -0.206 e. The summed E-state index contributed by atoms with van der Waals surface area (Å²) >= 11 is 0. The molecule has 2 nitrogen and oxygen atoms in total. The van der Waals surface area contributed by atoms with Crippen molar-refractivity contribution in [3.8, 4) is 6.07 Å². The van der Waals surface area contributed by atoms with Crippen molar-refractivity contribution >= 4 is 0 Å². The van der Waals surface area contributed by atoms with E-state index in [9.17, 15) is 17.6 Å². The van der Waals surface area contributed by atoms with Crippen LogP contribution in [-0.4, -0.2) is 4.98 Å². The lowest BCUT2D eigenvalue weighted by atomic mass is 10.2. The third-order valence-electron chi connectivity index (χ3n) is 1.30. The number of hydrogen-bond acceptors (Lipinski definition) is 2. The topological polar surface area (TPSA) is 36.7 Å². The van der Waals surface area contributed by atoms with Crippen LogP contribution in [0.15, 0.2) is 6.07 Å². The van der Waals surface area contributed by atoms with Crippen molar-refractivity contribution in [2.24, 2.45) is 0 Å². The second kappa shape index (κ2) is 3.39. The van der Waals surface area contributed by atoms with E-state index in [4.69, 9.17) is 5.26 Å². The molecular weight excluding hydrogens is 188 g/mol. The molecule has 0 aromatic carbocycles. The van der Waals surface area contributed by atoms with Gasteiger partial charge in [0.05, 0.1) is 5.56 Å². The van der Waals surface area contributed by atoms with Gasteiger partial charge in [-0.05, 0) is 0 Å². The molecule has 0 atom stereocenters. The third-order valence-corrected chi connectivity index (χ3v) is 1.30. The lowest BCUT2D eigenvalue weighted by Crippen LogP contribution is -2.00. The highest BCUT2D eigenvalue weighted by Gasteiger charge is 2.19. The predicted octanol–water partition coefficient (Wildman–Crippen LogP) is 2.17. The highest BCUT2D eigenvalue weighted by atomic mass is 19.3. The van der Waals surface area contributed by atoms with Crippen LogP contribution in [0, 0.1) is 23.1 Å². The summed E-state index contributed by atoms with van der Waals surface area (Å²) in [6, 6.07) is 1.44. The SMILES string of the molecule is N#Cc1nc(F)cc(C(F)F)c1F. The van der Waals surface area contributed by atoms with E-state index >= 15 is 0 Å². The molecule has 0 saturated carbocycles. The minimum atomic E-state index is -3.16. The molecule has 68 valence electrons. The van der Waals surface area contributed by atoms with Crippen LogP contribution in [-0.2, 0) is 0 Å². The van der Waals surface area contributed by atoms with E-state index < -0.39 is 29.4 Å². The number of alkyl halides is 2. The normalized spacial score (nSPS) is 10.2. The van der Waals surface area contributed by atoms with Crippen LogP contribution in [0.25, 0.3) is 0 Å². The van der Waals surface area contributed by atoms with Gasteiger partial charge in [-0.3, -0.25) is 0 Å². The van der Waals surface area contributed by atoms with Gasteiger partial charge in [0.25, 0.3) is 6.43 Å². The standard InChI is InChI=1S/C7H2F4N2/c8-5-1-3(7(10)11)6(9)4(2-12)13-5/h1,7H. The maximum atomic E-state index is 12.8. The van der Waals surface area contributed by atoms with Crippen molar-refractivity contribution < 1.29 is 17.6 Å². The van der Waals surface area contributed by atoms with Crippen LogP contribution in [0.1, 0.15) is 17.7 Å². The van der Waals surface area contributed by atoms with Crippen molar-refractivity contribution in [1.82, 2.24) is 4.98 Å². The van der Waals surface area contributed by atoms with E-state index in [1.807, 2.05) is 0 Å². The average Bonchev–Trinajstić information content (AvgIpc) is 2.08. The van der Waals surface area contributed by atoms with E-state index in [2.05, 4.69) is 4.98 Å². The van der Waals surface area contributed by atoms with E-state index in [-0.39, 0.29) is 6.07 Å². The van der Waals surface area contributed by atoms with Gasteiger partial charge in [0.2, 0.25) is 5.95 Å². The van der Waals surface area contributed by atoms with Gasteiger partial charge in [-0.2, -0.15) is 9.65 Å². The van der Waals surface area contributed by atoms with Crippen LogP contribution in [0.3, 0.4) is 0 Å². The smallest absolute Gasteiger partial charge is 0.206 e. The molecule has 0 aliphatic heterocycles. The van der Waals surface area contributed by atoms with Gasteiger partial charge in [0, 0.05) is 6.07 Å². The maximum Gasteiger partial charge on any atom is 0.266 e. The number of nitriles is 1. The minimum absolute atomic E-state index is 0.265. The first-order chi connectivity index (χ1) is 6.06. The number of halogens is 4. The molecule has 0 N–H and O–H groups in total. The molecule has 0 spiro atoms.